The number of hydrogen-bond donors (Lipinski definition) is 1. The van der Waals surface area contributed by atoms with Gasteiger partial charge in [0.25, 0.3) is 0 Å². The van der Waals surface area contributed by atoms with Crippen LogP contribution < -0.4 is 5.73 Å². The topological polar surface area (TPSA) is 61.7 Å². The molecule has 5 nitrogen and oxygen atoms in total. The minimum atomic E-state index is 0.605. The average Bonchev–Trinajstić information content (AvgIpc) is 3.00. The van der Waals surface area contributed by atoms with E-state index in [1.807, 2.05) is 35.4 Å². The summed E-state index contributed by atoms with van der Waals surface area (Å²) in [4.78, 5) is 4.02. The molecule has 3 aromatic rings. The Morgan fingerprint density at radius 3 is 2.89 bits per heavy atom. The molecule has 0 unspecified atom stereocenters. The third-order valence-corrected chi connectivity index (χ3v) is 3.03. The summed E-state index contributed by atoms with van der Waals surface area (Å²) in [6, 6.07) is 8.05. The molecule has 5 heteroatoms. The van der Waals surface area contributed by atoms with E-state index >= 15 is 0 Å². The van der Waals surface area contributed by atoms with Crippen LogP contribution in [0.4, 0.5) is 5.82 Å². The second-order valence-electron chi connectivity index (χ2n) is 4.28. The number of aromatic nitrogens is 4. The molecule has 0 spiro atoms. The monoisotopic (exact) mass is 241 g/mol. The van der Waals surface area contributed by atoms with Crippen LogP contribution >= 0.6 is 0 Å². The average molecular weight is 241 g/mol. The summed E-state index contributed by atoms with van der Waals surface area (Å²) < 4.78 is 4.04. The van der Waals surface area contributed by atoms with Crippen LogP contribution in [0.25, 0.3) is 10.9 Å². The number of benzene rings is 1. The van der Waals surface area contributed by atoms with Crippen molar-refractivity contribution in [1.29, 1.82) is 0 Å². The molecule has 0 saturated carbocycles. The van der Waals surface area contributed by atoms with Crippen molar-refractivity contribution >= 4 is 16.7 Å². The van der Waals surface area contributed by atoms with Gasteiger partial charge >= 0.3 is 0 Å². The third-order valence-electron chi connectivity index (χ3n) is 3.03. The Morgan fingerprint density at radius 2 is 2.06 bits per heavy atom. The van der Waals surface area contributed by atoms with Crippen LogP contribution in [0.1, 0.15) is 6.42 Å². The van der Waals surface area contributed by atoms with Crippen LogP contribution in [0.15, 0.2) is 43.0 Å². The number of nitrogen functional groups attached to an aromatic ring is 1. The van der Waals surface area contributed by atoms with E-state index in [1.165, 1.54) is 0 Å². The number of nitrogens with two attached hydrogens (primary N) is 1. The maximum absolute atomic E-state index is 5.90. The molecule has 0 aliphatic rings. The number of para-hydroxylation sites is 1. The predicted octanol–water partition coefficient (Wildman–Crippen LogP) is 1.91. The van der Waals surface area contributed by atoms with Gasteiger partial charge in [-0.2, -0.15) is 5.10 Å². The number of rotatable bonds is 4. The van der Waals surface area contributed by atoms with E-state index in [9.17, 15) is 0 Å². The third kappa shape index (κ3) is 1.95. The molecule has 0 aliphatic carbocycles. The summed E-state index contributed by atoms with van der Waals surface area (Å²) in [6.45, 7) is 1.80. The van der Waals surface area contributed by atoms with Crippen molar-refractivity contribution in [2.24, 2.45) is 0 Å². The molecule has 0 amide bonds. The van der Waals surface area contributed by atoms with Gasteiger partial charge in [0.2, 0.25) is 0 Å². The zero-order valence-corrected chi connectivity index (χ0v) is 10.0. The first-order chi connectivity index (χ1) is 8.84. The molecule has 0 aliphatic heterocycles. The van der Waals surface area contributed by atoms with E-state index in [2.05, 4.69) is 20.7 Å². The van der Waals surface area contributed by atoms with Gasteiger partial charge in [0.05, 0.1) is 11.8 Å². The highest BCUT2D eigenvalue weighted by Crippen LogP contribution is 2.19. The number of hydrogen-bond acceptors (Lipinski definition) is 3. The normalized spacial score (nSPS) is 11.1. The molecular weight excluding hydrogens is 226 g/mol. The lowest BCUT2D eigenvalue weighted by Gasteiger charge is -2.04. The Balaban J connectivity index is 1.75. The number of anilines is 1. The molecule has 2 aromatic heterocycles. The number of nitrogens with zero attached hydrogens (tertiary/aromatic N) is 4. The van der Waals surface area contributed by atoms with Crippen LogP contribution in [0.3, 0.4) is 0 Å². The second-order valence-corrected chi connectivity index (χ2v) is 4.28. The van der Waals surface area contributed by atoms with Gasteiger partial charge in [-0.3, -0.25) is 4.68 Å². The smallest absolute Gasteiger partial charge is 0.153 e. The number of fused-ring (bicyclic) bond motifs is 1. The Morgan fingerprint density at radius 1 is 1.17 bits per heavy atom. The lowest BCUT2D eigenvalue weighted by molar-refractivity contribution is 0.539. The second kappa shape index (κ2) is 4.52. The van der Waals surface area contributed by atoms with Crippen molar-refractivity contribution in [2.45, 2.75) is 19.5 Å². The summed E-state index contributed by atoms with van der Waals surface area (Å²) in [5.74, 6) is 0.605. The van der Waals surface area contributed by atoms with Gasteiger partial charge in [-0.05, 0) is 18.6 Å². The first kappa shape index (κ1) is 10.8. The molecule has 0 saturated heterocycles. The van der Waals surface area contributed by atoms with Gasteiger partial charge in [0.1, 0.15) is 0 Å². The SMILES string of the molecule is Nc1nn(CCCn2ccnc2)c2ccccc12. The highest BCUT2D eigenvalue weighted by Gasteiger charge is 2.06. The van der Waals surface area contributed by atoms with Crippen LogP contribution in [-0.4, -0.2) is 19.3 Å². The van der Waals surface area contributed by atoms with E-state index in [1.54, 1.807) is 6.20 Å². The van der Waals surface area contributed by atoms with Gasteiger partial charge < -0.3 is 10.3 Å². The molecule has 3 rings (SSSR count). The van der Waals surface area contributed by atoms with E-state index in [0.29, 0.717) is 5.82 Å². The van der Waals surface area contributed by atoms with E-state index in [0.717, 1.165) is 30.4 Å². The Labute approximate surface area is 105 Å². The molecule has 2 N–H and O–H groups in total. The fourth-order valence-electron chi connectivity index (χ4n) is 2.15. The summed E-state index contributed by atoms with van der Waals surface area (Å²) in [5, 5.41) is 5.41. The fraction of sp³-hybridized carbons (Fsp3) is 0.231. The molecule has 0 radical (unpaired) electrons. The van der Waals surface area contributed by atoms with E-state index < -0.39 is 0 Å². The first-order valence-electron chi connectivity index (χ1n) is 6.01. The van der Waals surface area contributed by atoms with Crippen LogP contribution in [0, 0.1) is 0 Å². The largest absolute Gasteiger partial charge is 0.382 e. The summed E-state index contributed by atoms with van der Waals surface area (Å²) in [6.07, 6.45) is 6.59. The fourth-order valence-corrected chi connectivity index (χ4v) is 2.15. The quantitative estimate of drug-likeness (QED) is 0.759. The van der Waals surface area contributed by atoms with Crippen molar-refractivity contribution in [2.75, 3.05) is 5.73 Å². The molecule has 0 fully saturated rings. The summed E-state index contributed by atoms with van der Waals surface area (Å²) in [5.41, 5.74) is 6.99. The highest BCUT2D eigenvalue weighted by atomic mass is 15.3. The van der Waals surface area contributed by atoms with E-state index in [-0.39, 0.29) is 0 Å². The van der Waals surface area contributed by atoms with Gasteiger partial charge in [0, 0.05) is 30.9 Å². The Kier molecular flexibility index (Phi) is 2.72. The minimum Gasteiger partial charge on any atom is -0.382 e. The molecule has 0 bridgehead atoms. The lowest BCUT2D eigenvalue weighted by atomic mass is 10.2. The highest BCUT2D eigenvalue weighted by molar-refractivity contribution is 5.88. The maximum Gasteiger partial charge on any atom is 0.153 e. The summed E-state index contributed by atoms with van der Waals surface area (Å²) in [7, 11) is 0. The predicted molar refractivity (Wildman–Crippen MR) is 71.0 cm³/mol. The molecule has 18 heavy (non-hydrogen) atoms. The first-order valence-corrected chi connectivity index (χ1v) is 6.01. The minimum absolute atomic E-state index is 0.605. The Bertz CT molecular complexity index is 639. The molecular formula is C13H15N5. The molecule has 0 atom stereocenters. The van der Waals surface area contributed by atoms with Gasteiger partial charge in [-0.1, -0.05) is 12.1 Å². The van der Waals surface area contributed by atoms with Gasteiger partial charge in [-0.25, -0.2) is 4.98 Å². The van der Waals surface area contributed by atoms with Crippen molar-refractivity contribution in [3.05, 3.63) is 43.0 Å². The van der Waals surface area contributed by atoms with Crippen LogP contribution in [0.5, 0.6) is 0 Å². The Hall–Kier alpha value is -2.30. The van der Waals surface area contributed by atoms with Gasteiger partial charge in [-0.15, -0.1) is 0 Å². The van der Waals surface area contributed by atoms with Crippen LogP contribution in [-0.2, 0) is 13.1 Å². The lowest BCUT2D eigenvalue weighted by Crippen LogP contribution is -2.04. The van der Waals surface area contributed by atoms with Crippen molar-refractivity contribution in [3.8, 4) is 0 Å². The van der Waals surface area contributed by atoms with Crippen molar-refractivity contribution in [1.82, 2.24) is 19.3 Å². The molecule has 92 valence electrons. The standard InChI is InChI=1S/C13H15N5/c14-13-11-4-1-2-5-12(11)18(16-13)8-3-7-17-9-6-15-10-17/h1-2,4-6,9-10H,3,7-8H2,(H2,14,16). The van der Waals surface area contributed by atoms with Crippen molar-refractivity contribution in [3.63, 3.8) is 0 Å². The molecule has 1 aromatic carbocycles. The number of imidazole rings is 1. The van der Waals surface area contributed by atoms with Crippen LogP contribution in [0.2, 0.25) is 0 Å². The zero-order valence-electron chi connectivity index (χ0n) is 10.0. The van der Waals surface area contributed by atoms with Crippen molar-refractivity contribution < 1.29 is 0 Å². The summed E-state index contributed by atoms with van der Waals surface area (Å²) >= 11 is 0. The molecule has 2 heterocycles. The van der Waals surface area contributed by atoms with E-state index in [4.69, 9.17) is 5.73 Å². The number of aryl methyl sites for hydroxylation is 2. The zero-order chi connectivity index (χ0) is 12.4. The maximum atomic E-state index is 5.90. The van der Waals surface area contributed by atoms with Gasteiger partial charge in [0.15, 0.2) is 5.82 Å².